The van der Waals surface area contributed by atoms with E-state index in [1.807, 2.05) is 30.3 Å². The highest BCUT2D eigenvalue weighted by molar-refractivity contribution is 5.76. The van der Waals surface area contributed by atoms with Crippen LogP contribution in [0, 0.1) is 0 Å². The Bertz CT molecular complexity index is 1130. The predicted octanol–water partition coefficient (Wildman–Crippen LogP) is 2.07. The number of methoxy groups -OCH3 is 1. The van der Waals surface area contributed by atoms with Crippen LogP contribution in [-0.2, 0) is 25.6 Å². The Morgan fingerprint density at radius 2 is 1.71 bits per heavy atom. The maximum absolute atomic E-state index is 10.3. The zero-order chi connectivity index (χ0) is 26.6. The second-order valence-electron chi connectivity index (χ2n) is 8.60. The molecule has 0 spiro atoms. The van der Waals surface area contributed by atoms with E-state index in [0.717, 1.165) is 49.5 Å². The van der Waals surface area contributed by atoms with Crippen molar-refractivity contribution >= 4 is 23.1 Å². The topological polar surface area (TPSA) is 129 Å². The van der Waals surface area contributed by atoms with Crippen LogP contribution in [0.25, 0.3) is 11.1 Å². The molecule has 1 fully saturated rings. The van der Waals surface area contributed by atoms with Crippen LogP contribution in [0.3, 0.4) is 0 Å². The fourth-order valence-corrected chi connectivity index (χ4v) is 3.85. The smallest absolute Gasteiger partial charge is 0.329 e. The Labute approximate surface area is 221 Å². The van der Waals surface area contributed by atoms with Crippen molar-refractivity contribution in [3.63, 3.8) is 0 Å². The van der Waals surface area contributed by atoms with Gasteiger partial charge in [0.15, 0.2) is 5.58 Å². The lowest BCUT2D eigenvalue weighted by Gasteiger charge is -2.33. The lowest BCUT2D eigenvalue weighted by atomic mass is 10.3. The average Bonchev–Trinajstić information content (AvgIpc) is 3.37. The molecule has 3 heterocycles. The first-order chi connectivity index (χ1) is 18.6. The standard InChI is InChI=1S/C26H34N4O8/c1-33-22-3-2-20(27-17-22)18-37-21-4-5-24-23(16-21)28-26(38-24)30-8-6-29(7-9-30)10-11-34-12-13-35-14-15-36-19-25(31)32/h2-5,16-17H,6-15,18-19H2,1H3,(H,31,32). The van der Waals surface area contributed by atoms with E-state index >= 15 is 0 Å². The maximum atomic E-state index is 10.3. The molecule has 38 heavy (non-hydrogen) atoms. The largest absolute Gasteiger partial charge is 0.495 e. The summed E-state index contributed by atoms with van der Waals surface area (Å²) in [5, 5.41) is 8.48. The lowest BCUT2D eigenvalue weighted by Crippen LogP contribution is -2.47. The maximum Gasteiger partial charge on any atom is 0.329 e. The summed E-state index contributed by atoms with van der Waals surface area (Å²) in [6.07, 6.45) is 1.67. The third-order valence-corrected chi connectivity index (χ3v) is 5.93. The molecule has 0 saturated carbocycles. The summed E-state index contributed by atoms with van der Waals surface area (Å²) in [7, 11) is 1.61. The molecule has 0 aliphatic carbocycles. The number of aromatic nitrogens is 2. The van der Waals surface area contributed by atoms with Gasteiger partial charge in [0.2, 0.25) is 0 Å². The van der Waals surface area contributed by atoms with E-state index in [1.165, 1.54) is 0 Å². The number of anilines is 1. The van der Waals surface area contributed by atoms with Gasteiger partial charge < -0.3 is 38.1 Å². The van der Waals surface area contributed by atoms with Crippen LogP contribution in [0.4, 0.5) is 6.01 Å². The van der Waals surface area contributed by atoms with Gasteiger partial charge in [-0.15, -0.1) is 0 Å². The Kier molecular flexibility index (Phi) is 10.5. The number of nitrogens with zero attached hydrogens (tertiary/aromatic N) is 4. The highest BCUT2D eigenvalue weighted by Gasteiger charge is 2.21. The molecule has 0 atom stereocenters. The molecule has 0 unspecified atom stereocenters. The number of carbonyl (C=O) groups is 1. The van der Waals surface area contributed by atoms with Crippen molar-refractivity contribution < 1.29 is 38.0 Å². The quantitative estimate of drug-likeness (QED) is 0.272. The van der Waals surface area contributed by atoms with Crippen molar-refractivity contribution in [1.29, 1.82) is 0 Å². The fraction of sp³-hybridized carbons (Fsp3) is 0.500. The second kappa shape index (κ2) is 14.5. The fourth-order valence-electron chi connectivity index (χ4n) is 3.85. The van der Waals surface area contributed by atoms with Crippen molar-refractivity contribution in [3.8, 4) is 11.5 Å². The van der Waals surface area contributed by atoms with Crippen LogP contribution in [0.2, 0.25) is 0 Å². The van der Waals surface area contributed by atoms with Crippen LogP contribution >= 0.6 is 0 Å². The van der Waals surface area contributed by atoms with Gasteiger partial charge in [0.1, 0.15) is 30.2 Å². The minimum absolute atomic E-state index is 0.258. The third-order valence-electron chi connectivity index (χ3n) is 5.93. The number of carboxylic acid groups (broad SMARTS) is 1. The minimum Gasteiger partial charge on any atom is -0.495 e. The first-order valence-electron chi connectivity index (χ1n) is 12.6. The van der Waals surface area contributed by atoms with E-state index in [1.54, 1.807) is 13.3 Å². The molecule has 1 aromatic carbocycles. The number of pyridine rings is 1. The van der Waals surface area contributed by atoms with E-state index in [2.05, 4.69) is 19.8 Å². The van der Waals surface area contributed by atoms with Crippen molar-refractivity contribution in [2.75, 3.05) is 84.4 Å². The predicted molar refractivity (Wildman–Crippen MR) is 138 cm³/mol. The van der Waals surface area contributed by atoms with Crippen molar-refractivity contribution in [1.82, 2.24) is 14.9 Å². The molecule has 0 amide bonds. The normalized spacial score (nSPS) is 14.2. The number of ether oxygens (including phenoxy) is 5. The van der Waals surface area contributed by atoms with Gasteiger partial charge >= 0.3 is 5.97 Å². The average molecular weight is 531 g/mol. The summed E-state index contributed by atoms with van der Waals surface area (Å²) in [6.45, 7) is 6.48. The van der Waals surface area contributed by atoms with Crippen molar-refractivity contribution in [2.24, 2.45) is 0 Å². The number of aliphatic carboxylic acids is 1. The molecule has 1 N–H and O–H groups in total. The summed E-state index contributed by atoms with van der Waals surface area (Å²) in [6, 6.07) is 9.98. The van der Waals surface area contributed by atoms with E-state index in [-0.39, 0.29) is 13.2 Å². The first-order valence-corrected chi connectivity index (χ1v) is 12.6. The molecule has 206 valence electrons. The summed E-state index contributed by atoms with van der Waals surface area (Å²) in [5.41, 5.74) is 2.29. The molecule has 12 heteroatoms. The van der Waals surface area contributed by atoms with Crippen molar-refractivity contribution in [3.05, 3.63) is 42.2 Å². The second-order valence-corrected chi connectivity index (χ2v) is 8.60. The van der Waals surface area contributed by atoms with Crippen LogP contribution in [0.1, 0.15) is 5.69 Å². The van der Waals surface area contributed by atoms with Gasteiger partial charge in [-0.1, -0.05) is 0 Å². The molecule has 3 aromatic rings. The molecule has 0 radical (unpaired) electrons. The molecule has 0 bridgehead atoms. The molecular weight excluding hydrogens is 496 g/mol. The molecule has 1 saturated heterocycles. The highest BCUT2D eigenvalue weighted by Crippen LogP contribution is 2.26. The minimum atomic E-state index is -0.984. The summed E-state index contributed by atoms with van der Waals surface area (Å²) < 4.78 is 32.9. The monoisotopic (exact) mass is 530 g/mol. The number of carboxylic acids is 1. The zero-order valence-corrected chi connectivity index (χ0v) is 21.5. The highest BCUT2D eigenvalue weighted by atomic mass is 16.5. The molecule has 1 aliphatic heterocycles. The summed E-state index contributed by atoms with van der Waals surface area (Å²) in [4.78, 5) is 23.8. The van der Waals surface area contributed by atoms with E-state index in [0.29, 0.717) is 50.5 Å². The van der Waals surface area contributed by atoms with Gasteiger partial charge in [-0.3, -0.25) is 9.88 Å². The first kappa shape index (κ1) is 27.6. The number of hydrogen-bond donors (Lipinski definition) is 1. The van der Waals surface area contributed by atoms with Crippen LogP contribution < -0.4 is 14.4 Å². The van der Waals surface area contributed by atoms with Gasteiger partial charge in [0.25, 0.3) is 6.01 Å². The third kappa shape index (κ3) is 8.55. The van der Waals surface area contributed by atoms with Crippen LogP contribution in [0.5, 0.6) is 11.5 Å². The van der Waals surface area contributed by atoms with E-state index in [9.17, 15) is 4.79 Å². The van der Waals surface area contributed by atoms with E-state index < -0.39 is 5.97 Å². The SMILES string of the molecule is COc1ccc(COc2ccc3oc(N4CCN(CCOCCOCCOCC(=O)O)CC4)nc3c2)nc1. The summed E-state index contributed by atoms with van der Waals surface area (Å²) in [5.74, 6) is 0.430. The Morgan fingerprint density at radius 3 is 2.42 bits per heavy atom. The molecule has 2 aromatic heterocycles. The van der Waals surface area contributed by atoms with Gasteiger partial charge in [-0.05, 0) is 24.3 Å². The Balaban J connectivity index is 1.13. The van der Waals surface area contributed by atoms with Crippen molar-refractivity contribution in [2.45, 2.75) is 6.61 Å². The van der Waals surface area contributed by atoms with Crippen LogP contribution in [-0.4, -0.2) is 105 Å². The molecular formula is C26H34N4O8. The Hall–Kier alpha value is -3.45. The number of piperazine rings is 1. The summed E-state index contributed by atoms with van der Waals surface area (Å²) >= 11 is 0. The van der Waals surface area contributed by atoms with Gasteiger partial charge in [0, 0.05) is 38.8 Å². The molecule has 1 aliphatic rings. The van der Waals surface area contributed by atoms with Crippen LogP contribution in [0.15, 0.2) is 40.9 Å². The molecule has 4 rings (SSSR count). The van der Waals surface area contributed by atoms with Gasteiger partial charge in [-0.2, -0.15) is 4.98 Å². The number of fused-ring (bicyclic) bond motifs is 1. The van der Waals surface area contributed by atoms with Gasteiger partial charge in [0.05, 0.1) is 52.0 Å². The zero-order valence-electron chi connectivity index (χ0n) is 21.5. The molecule has 12 nitrogen and oxygen atoms in total. The number of hydrogen-bond acceptors (Lipinski definition) is 11. The number of rotatable bonds is 16. The van der Waals surface area contributed by atoms with Gasteiger partial charge in [-0.25, -0.2) is 4.79 Å². The number of oxazole rings is 1. The lowest BCUT2D eigenvalue weighted by molar-refractivity contribution is -0.142. The van der Waals surface area contributed by atoms with E-state index in [4.69, 9.17) is 33.2 Å². The number of benzene rings is 1. The Morgan fingerprint density at radius 1 is 0.974 bits per heavy atom.